The Morgan fingerprint density at radius 2 is 1.63 bits per heavy atom. The maximum Gasteiger partial charge on any atom is 0.600 e. The molecule has 19 heavy (non-hydrogen) atoms. The highest BCUT2D eigenvalue weighted by Crippen LogP contribution is 2.54. The van der Waals surface area contributed by atoms with Crippen molar-refractivity contribution in [1.29, 1.82) is 0 Å². The van der Waals surface area contributed by atoms with Crippen LogP contribution in [0.15, 0.2) is 24.3 Å². The van der Waals surface area contributed by atoms with Gasteiger partial charge in [0.25, 0.3) is 0 Å². The van der Waals surface area contributed by atoms with Gasteiger partial charge in [0.05, 0.1) is 10.5 Å². The summed E-state index contributed by atoms with van der Waals surface area (Å²) in [6.07, 6.45) is 0. The van der Waals surface area contributed by atoms with Gasteiger partial charge in [-0.25, -0.2) is 0 Å². The van der Waals surface area contributed by atoms with E-state index in [0.29, 0.717) is 9.58 Å². The smallest absolute Gasteiger partial charge is 0.600 e. The van der Waals surface area contributed by atoms with Gasteiger partial charge in [0.15, 0.2) is 9.58 Å². The molecule has 0 aliphatic heterocycles. The first-order chi connectivity index (χ1) is 8.12. The van der Waals surface area contributed by atoms with Gasteiger partial charge in [-0.05, 0) is 18.6 Å². The van der Waals surface area contributed by atoms with Gasteiger partial charge in [0.1, 0.15) is 0 Å². The summed E-state index contributed by atoms with van der Waals surface area (Å²) in [5.41, 5.74) is -3.75. The van der Waals surface area contributed by atoms with Gasteiger partial charge in [0, 0.05) is 16.9 Å². The van der Waals surface area contributed by atoms with Gasteiger partial charge < -0.3 is 17.0 Å². The minimum Gasteiger partial charge on any atom is -1.00 e. The average molecular weight is 353 g/mol. The fourth-order valence-electron chi connectivity index (χ4n) is 2.10. The highest BCUT2D eigenvalue weighted by Gasteiger charge is 2.50. The number of hydrogen-bond acceptors (Lipinski definition) is 0. The topological polar surface area (TPSA) is 0 Å². The van der Waals surface area contributed by atoms with Crippen molar-refractivity contribution in [2.75, 3.05) is 0 Å². The van der Waals surface area contributed by atoms with Gasteiger partial charge in [-0.15, -0.1) is 13.2 Å². The van der Waals surface area contributed by atoms with Crippen LogP contribution in [0.2, 0.25) is 0 Å². The van der Waals surface area contributed by atoms with Crippen LogP contribution in [-0.2, 0) is 10.9 Å². The average Bonchev–Trinajstić information content (AvgIpc) is 2.56. The van der Waals surface area contributed by atoms with Crippen LogP contribution in [0.3, 0.4) is 0 Å². The molecular weight excluding hydrogens is 337 g/mol. The highest BCUT2D eigenvalue weighted by atomic mass is 79.9. The zero-order valence-electron chi connectivity index (χ0n) is 11.2. The van der Waals surface area contributed by atoms with E-state index in [9.17, 15) is 13.2 Å². The predicted molar refractivity (Wildman–Crippen MR) is 71.2 cm³/mol. The lowest BCUT2D eigenvalue weighted by Crippen LogP contribution is -3.00. The number of alkyl halides is 3. The zero-order chi connectivity index (χ0) is 13.7. The number of aryl methyl sites for hydroxylation is 1. The fraction of sp³-hybridized carbons (Fsp3) is 0.429. The van der Waals surface area contributed by atoms with Gasteiger partial charge >= 0.3 is 5.51 Å². The summed E-state index contributed by atoms with van der Waals surface area (Å²) in [4.78, 5) is 0.485. The predicted octanol–water partition coefficient (Wildman–Crippen LogP) is 2.68. The summed E-state index contributed by atoms with van der Waals surface area (Å²) in [5.74, 6) is 0. The van der Waals surface area contributed by atoms with Crippen molar-refractivity contribution in [2.45, 2.75) is 38.6 Å². The summed E-state index contributed by atoms with van der Waals surface area (Å²) in [5, 5.41) is 0.753. The lowest BCUT2D eigenvalue weighted by atomic mass is 9.94. The van der Waals surface area contributed by atoms with Crippen molar-refractivity contribution >= 4 is 20.6 Å². The number of thiophene rings is 1. The second-order valence-corrected chi connectivity index (χ2v) is 7.45. The first kappa shape index (κ1) is 16.5. The van der Waals surface area contributed by atoms with Crippen LogP contribution in [0.4, 0.5) is 13.2 Å². The number of fused-ring (bicyclic) bond motifs is 1. The summed E-state index contributed by atoms with van der Waals surface area (Å²) in [6.45, 7) is 7.38. The molecule has 0 saturated carbocycles. The third kappa shape index (κ3) is 2.97. The molecule has 2 aromatic rings. The first-order valence-corrected chi connectivity index (χ1v) is 6.98. The van der Waals surface area contributed by atoms with E-state index in [0.717, 1.165) is 10.9 Å². The first-order valence-electron chi connectivity index (χ1n) is 5.75. The molecule has 5 heteroatoms. The molecule has 1 unspecified atom stereocenters. The monoisotopic (exact) mass is 352 g/mol. The molecule has 2 rings (SSSR count). The molecule has 1 heterocycles. The Morgan fingerprint density at radius 1 is 1.05 bits per heavy atom. The molecule has 0 spiro atoms. The number of rotatable bonds is 0. The number of benzene rings is 1. The van der Waals surface area contributed by atoms with Crippen molar-refractivity contribution in [3.63, 3.8) is 0 Å². The summed E-state index contributed by atoms with van der Waals surface area (Å²) in [6, 6.07) is 6.91. The van der Waals surface area contributed by atoms with E-state index in [1.54, 1.807) is 18.2 Å². The summed E-state index contributed by atoms with van der Waals surface area (Å²) >= 11 is 0. The third-order valence-electron chi connectivity index (χ3n) is 2.97. The van der Waals surface area contributed by atoms with Crippen LogP contribution in [0, 0.1) is 6.92 Å². The molecule has 0 bridgehead atoms. The Labute approximate surface area is 124 Å². The van der Waals surface area contributed by atoms with Crippen molar-refractivity contribution in [2.24, 2.45) is 0 Å². The molecule has 0 amide bonds. The molecule has 0 aliphatic rings. The van der Waals surface area contributed by atoms with Gasteiger partial charge in [-0.2, -0.15) is 0 Å². The molecule has 0 saturated heterocycles. The van der Waals surface area contributed by atoms with Crippen molar-refractivity contribution in [1.82, 2.24) is 0 Å². The number of halogens is 4. The van der Waals surface area contributed by atoms with E-state index in [-0.39, 0.29) is 17.0 Å². The SMILES string of the molecule is Cc1cccc2c1cc(C(C)(C)C)[s+]2C(F)(F)F.[Br-]. The Bertz CT molecular complexity index is 591. The second kappa shape index (κ2) is 5.09. The molecule has 0 N–H and O–H groups in total. The fourth-order valence-corrected chi connectivity index (χ4v) is 4.34. The van der Waals surface area contributed by atoms with Gasteiger partial charge in [0.2, 0.25) is 0 Å². The minimum absolute atomic E-state index is 0. The van der Waals surface area contributed by atoms with Crippen LogP contribution < -0.4 is 17.0 Å². The highest BCUT2D eigenvalue weighted by molar-refractivity contribution is 7.38. The van der Waals surface area contributed by atoms with Gasteiger partial charge in [-0.1, -0.05) is 32.9 Å². The van der Waals surface area contributed by atoms with E-state index in [1.165, 1.54) is 0 Å². The van der Waals surface area contributed by atoms with Crippen LogP contribution in [-0.4, -0.2) is 0 Å². The molecule has 1 aromatic heterocycles. The van der Waals surface area contributed by atoms with Crippen LogP contribution >= 0.6 is 10.5 Å². The lowest BCUT2D eigenvalue weighted by Gasteiger charge is -2.13. The van der Waals surface area contributed by atoms with Crippen molar-refractivity contribution in [3.8, 4) is 0 Å². The second-order valence-electron chi connectivity index (χ2n) is 5.50. The normalized spacial score (nSPS) is 13.5. The Kier molecular flexibility index (Phi) is 4.42. The molecule has 0 fully saturated rings. The van der Waals surface area contributed by atoms with Crippen molar-refractivity contribution in [3.05, 3.63) is 34.7 Å². The Hall–Kier alpha value is -0.550. The maximum atomic E-state index is 13.3. The van der Waals surface area contributed by atoms with Crippen molar-refractivity contribution < 1.29 is 30.2 Å². The molecule has 1 atom stereocenters. The van der Waals surface area contributed by atoms with Crippen LogP contribution in [0.25, 0.3) is 10.1 Å². The molecular formula is C14H16BrF3S. The standard InChI is InChI=1S/C14H16F3S.BrH/c1-9-6-5-7-11-10(9)8-12(13(2,3)4)18(11)14(15,16)17;/h5-8H,1-4H3;1H/q+1;/p-1. The Morgan fingerprint density at radius 3 is 2.11 bits per heavy atom. The molecule has 0 aliphatic carbocycles. The lowest BCUT2D eigenvalue weighted by molar-refractivity contribution is -0.0869. The number of hydrogen-bond donors (Lipinski definition) is 0. The van der Waals surface area contributed by atoms with E-state index >= 15 is 0 Å². The molecule has 0 radical (unpaired) electrons. The zero-order valence-corrected chi connectivity index (χ0v) is 13.6. The third-order valence-corrected chi connectivity index (χ3v) is 5.40. The van der Waals surface area contributed by atoms with Crippen LogP contribution in [0.1, 0.15) is 31.2 Å². The summed E-state index contributed by atoms with van der Waals surface area (Å²) in [7, 11) is -1.78. The minimum atomic E-state index is -4.20. The van der Waals surface area contributed by atoms with E-state index < -0.39 is 21.4 Å². The van der Waals surface area contributed by atoms with E-state index in [2.05, 4.69) is 0 Å². The Balaban J connectivity index is 0.00000180. The molecule has 106 valence electrons. The van der Waals surface area contributed by atoms with E-state index in [4.69, 9.17) is 0 Å². The molecule has 1 aromatic carbocycles. The maximum absolute atomic E-state index is 13.3. The van der Waals surface area contributed by atoms with Gasteiger partial charge in [-0.3, -0.25) is 0 Å². The van der Waals surface area contributed by atoms with Crippen LogP contribution in [0.5, 0.6) is 0 Å². The molecule has 0 nitrogen and oxygen atoms in total. The quantitative estimate of drug-likeness (QED) is 0.639. The summed E-state index contributed by atoms with van der Waals surface area (Å²) < 4.78 is 40.4. The van der Waals surface area contributed by atoms with E-state index in [1.807, 2.05) is 33.8 Å². The largest absolute Gasteiger partial charge is 1.00 e.